The van der Waals surface area contributed by atoms with E-state index in [-0.39, 0.29) is 37.1 Å². The summed E-state index contributed by atoms with van der Waals surface area (Å²) in [5.74, 6) is -2.64. The number of methoxy groups -OCH3 is 3. The topological polar surface area (TPSA) is 107 Å². The number of hydrogen-bond acceptors (Lipinski definition) is 9. The molecule has 2 aromatic rings. The van der Waals surface area contributed by atoms with Gasteiger partial charge in [0.15, 0.2) is 11.5 Å². The van der Waals surface area contributed by atoms with Gasteiger partial charge < -0.3 is 28.4 Å². The van der Waals surface area contributed by atoms with E-state index in [2.05, 4.69) is 0 Å². The number of carbonyl (C=O) groups excluding carboxylic acids is 3. The highest BCUT2D eigenvalue weighted by atomic mass is 16.6. The second-order valence-electron chi connectivity index (χ2n) is 5.48. The average molecular weight is 392 g/mol. The Hall–Kier alpha value is -3.01. The summed E-state index contributed by atoms with van der Waals surface area (Å²) in [5, 5.41) is 1.06. The molecule has 0 aromatic heterocycles. The fourth-order valence-electron chi connectivity index (χ4n) is 2.34. The first kappa shape index (κ1) is 21.3. The van der Waals surface area contributed by atoms with Gasteiger partial charge in [0.25, 0.3) is 0 Å². The molecule has 0 amide bonds. The molecule has 0 radical (unpaired) electrons. The molecule has 0 N–H and O–H groups in total. The van der Waals surface area contributed by atoms with E-state index in [1.165, 1.54) is 27.4 Å². The van der Waals surface area contributed by atoms with Gasteiger partial charge in [0.2, 0.25) is 5.75 Å². The minimum absolute atomic E-state index is 0.0789. The van der Waals surface area contributed by atoms with Gasteiger partial charge in [-0.2, -0.15) is 0 Å². The molecule has 0 spiro atoms. The average Bonchev–Trinajstić information content (AvgIpc) is 2.65. The molecule has 9 nitrogen and oxygen atoms in total. The minimum Gasteiger partial charge on any atom is -0.421 e. The second kappa shape index (κ2) is 10.4. The van der Waals surface area contributed by atoms with Crippen LogP contribution in [-0.2, 0) is 28.6 Å². The van der Waals surface area contributed by atoms with Crippen molar-refractivity contribution >= 4 is 28.7 Å². The van der Waals surface area contributed by atoms with Gasteiger partial charge in [-0.15, -0.1) is 0 Å². The van der Waals surface area contributed by atoms with Crippen molar-refractivity contribution in [2.24, 2.45) is 0 Å². The molecule has 0 bridgehead atoms. The molecule has 0 saturated carbocycles. The van der Waals surface area contributed by atoms with Crippen LogP contribution in [0.3, 0.4) is 0 Å². The molecule has 0 aliphatic heterocycles. The Morgan fingerprint density at radius 3 is 1.79 bits per heavy atom. The lowest BCUT2D eigenvalue weighted by Gasteiger charge is -2.17. The smallest absolute Gasteiger partial charge is 0.337 e. The van der Waals surface area contributed by atoms with E-state index < -0.39 is 17.9 Å². The second-order valence-corrected chi connectivity index (χ2v) is 5.48. The quantitative estimate of drug-likeness (QED) is 0.463. The highest BCUT2D eigenvalue weighted by molar-refractivity contribution is 5.96. The van der Waals surface area contributed by atoms with E-state index in [9.17, 15) is 14.4 Å². The molecule has 0 saturated heterocycles. The van der Waals surface area contributed by atoms with Crippen LogP contribution in [0, 0.1) is 0 Å². The molecule has 2 rings (SSSR count). The van der Waals surface area contributed by atoms with Crippen molar-refractivity contribution in [1.82, 2.24) is 0 Å². The van der Waals surface area contributed by atoms with Crippen LogP contribution in [-0.4, -0.2) is 59.1 Å². The van der Waals surface area contributed by atoms with Crippen LogP contribution in [0.4, 0.5) is 0 Å². The normalized spacial score (nSPS) is 10.5. The molecular weight excluding hydrogens is 372 g/mol. The molecule has 9 heteroatoms. The number of carbonyl (C=O) groups is 3. The Bertz CT molecular complexity index is 860. The Kier molecular flexibility index (Phi) is 7.88. The fourth-order valence-corrected chi connectivity index (χ4v) is 2.34. The summed E-state index contributed by atoms with van der Waals surface area (Å²) in [7, 11) is 3.99. The first-order valence-electron chi connectivity index (χ1n) is 8.14. The monoisotopic (exact) mass is 392 g/mol. The zero-order valence-electron chi connectivity index (χ0n) is 15.7. The third-order valence-corrected chi connectivity index (χ3v) is 3.36. The molecule has 0 heterocycles. The Morgan fingerprint density at radius 2 is 1.21 bits per heavy atom. The largest absolute Gasteiger partial charge is 0.421 e. The van der Waals surface area contributed by atoms with Crippen LogP contribution < -0.4 is 14.2 Å². The summed E-state index contributed by atoms with van der Waals surface area (Å²) >= 11 is 0. The summed E-state index contributed by atoms with van der Waals surface area (Å²) in [6.07, 6.45) is 0. The summed E-state index contributed by atoms with van der Waals surface area (Å²) < 4.78 is 30.2. The number of ether oxygens (including phenoxy) is 6. The molecule has 0 unspecified atom stereocenters. The Morgan fingerprint density at radius 1 is 0.714 bits per heavy atom. The molecule has 0 aliphatic carbocycles. The van der Waals surface area contributed by atoms with E-state index in [0.29, 0.717) is 10.8 Å². The van der Waals surface area contributed by atoms with E-state index in [1.54, 1.807) is 24.3 Å². The molecule has 2 aromatic carbocycles. The predicted molar refractivity (Wildman–Crippen MR) is 96.5 cm³/mol. The van der Waals surface area contributed by atoms with Gasteiger partial charge >= 0.3 is 17.9 Å². The van der Waals surface area contributed by atoms with Gasteiger partial charge in [-0.05, 0) is 11.5 Å². The molecule has 0 aliphatic rings. The zero-order valence-corrected chi connectivity index (χ0v) is 15.7. The van der Waals surface area contributed by atoms with Crippen LogP contribution in [0.25, 0.3) is 10.8 Å². The maximum atomic E-state index is 12.0. The number of esters is 3. The van der Waals surface area contributed by atoms with Crippen molar-refractivity contribution in [2.75, 3.05) is 41.2 Å². The summed E-state index contributed by atoms with van der Waals surface area (Å²) in [6.45, 7) is -1.01. The number of hydrogen-bond donors (Lipinski definition) is 0. The van der Waals surface area contributed by atoms with Gasteiger partial charge in [-0.25, -0.2) is 14.4 Å². The number of fused-ring (bicyclic) bond motifs is 1. The standard InChI is InChI=1S/C19H20O9/c1-23-9-15(20)26-14-8-12-6-4-5-7-13(12)18(27-16(21)10-24-2)19(14)28-17(22)11-25-3/h4-8H,9-11H2,1-3H3. The maximum Gasteiger partial charge on any atom is 0.337 e. The predicted octanol–water partition coefficient (Wildman–Crippen LogP) is 1.50. The van der Waals surface area contributed by atoms with Crippen LogP contribution in [0.5, 0.6) is 17.2 Å². The summed E-state index contributed by atoms with van der Waals surface area (Å²) in [5.41, 5.74) is 0. The van der Waals surface area contributed by atoms with Crippen LogP contribution in [0.2, 0.25) is 0 Å². The van der Waals surface area contributed by atoms with E-state index in [0.717, 1.165) is 0 Å². The molecule has 150 valence electrons. The van der Waals surface area contributed by atoms with Gasteiger partial charge in [0, 0.05) is 26.7 Å². The number of benzene rings is 2. The van der Waals surface area contributed by atoms with Crippen molar-refractivity contribution < 1.29 is 42.8 Å². The van der Waals surface area contributed by atoms with Gasteiger partial charge in [-0.1, -0.05) is 24.3 Å². The van der Waals surface area contributed by atoms with Gasteiger partial charge in [0.1, 0.15) is 19.8 Å². The Labute approximate surface area is 161 Å². The van der Waals surface area contributed by atoms with Gasteiger partial charge in [-0.3, -0.25) is 0 Å². The van der Waals surface area contributed by atoms with E-state index in [1.807, 2.05) is 0 Å². The fraction of sp³-hybridized carbons (Fsp3) is 0.316. The summed E-state index contributed by atoms with van der Waals surface area (Å²) in [6, 6.07) is 8.34. The molecule has 28 heavy (non-hydrogen) atoms. The third kappa shape index (κ3) is 5.49. The lowest BCUT2D eigenvalue weighted by atomic mass is 10.1. The zero-order chi connectivity index (χ0) is 20.5. The highest BCUT2D eigenvalue weighted by Crippen LogP contribution is 2.44. The lowest BCUT2D eigenvalue weighted by molar-refractivity contribution is -0.142. The van der Waals surface area contributed by atoms with E-state index in [4.69, 9.17) is 28.4 Å². The van der Waals surface area contributed by atoms with Crippen LogP contribution in [0.1, 0.15) is 0 Å². The highest BCUT2D eigenvalue weighted by Gasteiger charge is 2.24. The van der Waals surface area contributed by atoms with Crippen LogP contribution >= 0.6 is 0 Å². The van der Waals surface area contributed by atoms with Crippen molar-refractivity contribution in [3.63, 3.8) is 0 Å². The lowest BCUT2D eigenvalue weighted by Crippen LogP contribution is -2.20. The van der Waals surface area contributed by atoms with Crippen molar-refractivity contribution in [3.8, 4) is 17.2 Å². The third-order valence-electron chi connectivity index (χ3n) is 3.36. The van der Waals surface area contributed by atoms with Crippen molar-refractivity contribution in [1.29, 1.82) is 0 Å². The molecular formula is C19H20O9. The van der Waals surface area contributed by atoms with Crippen molar-refractivity contribution in [2.45, 2.75) is 0 Å². The molecule has 0 atom stereocenters. The SMILES string of the molecule is COCC(=O)Oc1cc2ccccc2c(OC(=O)COC)c1OC(=O)COC. The first-order valence-corrected chi connectivity index (χ1v) is 8.14. The number of rotatable bonds is 9. The van der Waals surface area contributed by atoms with Gasteiger partial charge in [0.05, 0.1) is 0 Å². The van der Waals surface area contributed by atoms with E-state index >= 15 is 0 Å². The van der Waals surface area contributed by atoms with Crippen LogP contribution in [0.15, 0.2) is 30.3 Å². The first-order chi connectivity index (χ1) is 13.5. The maximum absolute atomic E-state index is 12.0. The minimum atomic E-state index is -0.772. The van der Waals surface area contributed by atoms with Crippen molar-refractivity contribution in [3.05, 3.63) is 30.3 Å². The summed E-state index contributed by atoms with van der Waals surface area (Å²) in [4.78, 5) is 35.9. The Balaban J connectivity index is 2.60. The molecule has 0 fully saturated rings.